The summed E-state index contributed by atoms with van der Waals surface area (Å²) in [6, 6.07) is 3.46. The van der Waals surface area contributed by atoms with Gasteiger partial charge in [-0.25, -0.2) is 5.84 Å². The van der Waals surface area contributed by atoms with Crippen molar-refractivity contribution >= 4 is 27.5 Å². The molecule has 0 atom stereocenters. The summed E-state index contributed by atoms with van der Waals surface area (Å²) in [5, 5.41) is 10.6. The molecule has 1 aromatic rings. The van der Waals surface area contributed by atoms with Crippen LogP contribution in [0, 0.1) is 10.1 Å². The molecular formula is C8H6BrF2N3O4. The molecule has 0 saturated carbocycles. The first-order valence-electron chi connectivity index (χ1n) is 4.30. The summed E-state index contributed by atoms with van der Waals surface area (Å²) in [5.74, 6) is 1.85. The fourth-order valence-corrected chi connectivity index (χ4v) is 1.44. The lowest BCUT2D eigenvalue weighted by Gasteiger charge is -2.16. The molecule has 0 aliphatic rings. The zero-order valence-electron chi connectivity index (χ0n) is 8.52. The molecule has 1 rings (SSSR count). The van der Waals surface area contributed by atoms with E-state index in [0.29, 0.717) is 0 Å². The average molecular weight is 326 g/mol. The van der Waals surface area contributed by atoms with E-state index in [2.05, 4.69) is 26.5 Å². The van der Waals surface area contributed by atoms with Gasteiger partial charge < -0.3 is 4.74 Å². The number of nitrogens with two attached hydrogens (primary N) is 1. The number of nitro groups is 1. The molecule has 18 heavy (non-hydrogen) atoms. The maximum absolute atomic E-state index is 13.2. The highest BCUT2D eigenvalue weighted by molar-refractivity contribution is 9.10. The Labute approximate surface area is 107 Å². The van der Waals surface area contributed by atoms with Crippen LogP contribution in [0.5, 0.6) is 5.75 Å². The molecule has 0 radical (unpaired) electrons. The van der Waals surface area contributed by atoms with E-state index in [4.69, 9.17) is 0 Å². The van der Waals surface area contributed by atoms with Gasteiger partial charge in [0, 0.05) is 6.07 Å². The molecule has 10 heteroatoms. The predicted octanol–water partition coefficient (Wildman–Crippen LogP) is 1.32. The lowest BCUT2D eigenvalue weighted by molar-refractivity contribution is -0.387. The molecule has 98 valence electrons. The number of hydrogen-bond donors (Lipinski definition) is 2. The lowest BCUT2D eigenvalue weighted by Crippen LogP contribution is -2.47. The quantitative estimate of drug-likeness (QED) is 0.375. The van der Waals surface area contributed by atoms with Crippen molar-refractivity contribution in [2.45, 2.75) is 6.11 Å². The van der Waals surface area contributed by atoms with Gasteiger partial charge >= 0.3 is 17.7 Å². The molecule has 1 amide bonds. The molecule has 0 bridgehead atoms. The topological polar surface area (TPSA) is 107 Å². The van der Waals surface area contributed by atoms with Gasteiger partial charge in [-0.05, 0) is 22.0 Å². The molecule has 3 N–H and O–H groups in total. The minimum Gasteiger partial charge on any atom is -0.417 e. The standard InChI is InChI=1S/C8H6BrF2N3O4/c9-4-2-1-3-5(14(16)17)6(4)18-8(10,11)7(15)13-12/h1-3H,12H2,(H,13,15). The van der Waals surface area contributed by atoms with E-state index >= 15 is 0 Å². The van der Waals surface area contributed by atoms with Crippen LogP contribution in [-0.2, 0) is 4.79 Å². The third kappa shape index (κ3) is 2.90. The maximum atomic E-state index is 13.2. The number of rotatable bonds is 4. The largest absolute Gasteiger partial charge is 0.483 e. The predicted molar refractivity (Wildman–Crippen MR) is 58.7 cm³/mol. The number of alkyl halides is 2. The summed E-state index contributed by atoms with van der Waals surface area (Å²) in [6.45, 7) is 0. The van der Waals surface area contributed by atoms with Gasteiger partial charge in [-0.15, -0.1) is 0 Å². The zero-order chi connectivity index (χ0) is 13.9. The van der Waals surface area contributed by atoms with Crippen molar-refractivity contribution in [3.8, 4) is 5.75 Å². The molecular weight excluding hydrogens is 320 g/mol. The number of carbonyl (C=O) groups is 1. The highest BCUT2D eigenvalue weighted by Crippen LogP contribution is 2.37. The van der Waals surface area contributed by atoms with Gasteiger partial charge in [0.25, 0.3) is 0 Å². The third-order valence-electron chi connectivity index (χ3n) is 1.77. The molecule has 0 unspecified atom stereocenters. The SMILES string of the molecule is NNC(=O)C(F)(F)Oc1c(Br)cccc1[N+](=O)[O-]. The summed E-state index contributed by atoms with van der Waals surface area (Å²) in [7, 11) is 0. The molecule has 0 saturated heterocycles. The van der Waals surface area contributed by atoms with Crippen molar-refractivity contribution in [2.75, 3.05) is 0 Å². The van der Waals surface area contributed by atoms with E-state index < -0.39 is 28.4 Å². The van der Waals surface area contributed by atoms with Crippen LogP contribution in [0.1, 0.15) is 0 Å². The van der Waals surface area contributed by atoms with Crippen LogP contribution < -0.4 is 16.0 Å². The Kier molecular flexibility index (Phi) is 4.14. The van der Waals surface area contributed by atoms with Crippen molar-refractivity contribution in [3.05, 3.63) is 32.8 Å². The molecule has 0 heterocycles. The van der Waals surface area contributed by atoms with Gasteiger partial charge in [-0.1, -0.05) is 6.07 Å². The van der Waals surface area contributed by atoms with Crippen molar-refractivity contribution in [2.24, 2.45) is 5.84 Å². The first-order valence-corrected chi connectivity index (χ1v) is 5.09. The number of nitro benzene ring substituents is 1. The van der Waals surface area contributed by atoms with Crippen LogP contribution in [0.25, 0.3) is 0 Å². The second kappa shape index (κ2) is 5.23. The van der Waals surface area contributed by atoms with Crippen molar-refractivity contribution < 1.29 is 23.2 Å². The van der Waals surface area contributed by atoms with Gasteiger partial charge in [0.15, 0.2) is 0 Å². The van der Waals surface area contributed by atoms with Gasteiger partial charge in [0.2, 0.25) is 5.75 Å². The van der Waals surface area contributed by atoms with E-state index in [0.717, 1.165) is 6.07 Å². The van der Waals surface area contributed by atoms with Gasteiger partial charge in [0.05, 0.1) is 9.40 Å². The third-order valence-corrected chi connectivity index (χ3v) is 2.39. The Balaban J connectivity index is 3.18. The Hall–Kier alpha value is -1.81. The monoisotopic (exact) mass is 325 g/mol. The van der Waals surface area contributed by atoms with E-state index in [1.165, 1.54) is 17.6 Å². The van der Waals surface area contributed by atoms with Crippen LogP contribution in [-0.4, -0.2) is 16.9 Å². The summed E-state index contributed by atoms with van der Waals surface area (Å²) in [6.07, 6.45) is -4.33. The van der Waals surface area contributed by atoms with E-state index in [1.54, 1.807) is 0 Å². The molecule has 0 aromatic heterocycles. The fourth-order valence-electron chi connectivity index (χ4n) is 1.00. The van der Waals surface area contributed by atoms with Crippen molar-refractivity contribution in [1.82, 2.24) is 5.43 Å². The Bertz CT molecular complexity index is 497. The number of nitrogens with zero attached hydrogens (tertiary/aromatic N) is 1. The first kappa shape index (κ1) is 14.3. The summed E-state index contributed by atoms with van der Waals surface area (Å²) < 4.78 is 30.3. The minimum absolute atomic E-state index is 0.0961. The summed E-state index contributed by atoms with van der Waals surface area (Å²) in [5.41, 5.74) is 0.481. The number of carbonyl (C=O) groups excluding carboxylic acids is 1. The van der Waals surface area contributed by atoms with E-state index in [-0.39, 0.29) is 4.47 Å². The zero-order valence-corrected chi connectivity index (χ0v) is 10.1. The van der Waals surface area contributed by atoms with Crippen molar-refractivity contribution in [1.29, 1.82) is 0 Å². The van der Waals surface area contributed by atoms with Gasteiger partial charge in [0.1, 0.15) is 0 Å². The number of para-hydroxylation sites is 1. The second-order valence-electron chi connectivity index (χ2n) is 2.94. The first-order chi connectivity index (χ1) is 8.29. The summed E-state index contributed by atoms with van der Waals surface area (Å²) >= 11 is 2.81. The number of hydrazine groups is 1. The van der Waals surface area contributed by atoms with Crippen LogP contribution >= 0.6 is 15.9 Å². The van der Waals surface area contributed by atoms with Crippen LogP contribution in [0.15, 0.2) is 22.7 Å². The van der Waals surface area contributed by atoms with Crippen LogP contribution in [0.2, 0.25) is 0 Å². The Morgan fingerprint density at radius 1 is 1.56 bits per heavy atom. The molecule has 7 nitrogen and oxygen atoms in total. The number of halogens is 3. The average Bonchev–Trinajstić information content (AvgIpc) is 2.30. The van der Waals surface area contributed by atoms with Crippen LogP contribution in [0.3, 0.4) is 0 Å². The van der Waals surface area contributed by atoms with Gasteiger partial charge in [-0.2, -0.15) is 8.78 Å². The fraction of sp³-hybridized carbons (Fsp3) is 0.125. The number of amides is 1. The van der Waals surface area contributed by atoms with Crippen molar-refractivity contribution in [3.63, 3.8) is 0 Å². The van der Waals surface area contributed by atoms with E-state index in [1.807, 2.05) is 0 Å². The summed E-state index contributed by atoms with van der Waals surface area (Å²) in [4.78, 5) is 20.4. The normalized spacial score (nSPS) is 10.9. The Morgan fingerprint density at radius 2 is 2.17 bits per heavy atom. The van der Waals surface area contributed by atoms with Crippen LogP contribution in [0.4, 0.5) is 14.5 Å². The molecule has 1 aromatic carbocycles. The van der Waals surface area contributed by atoms with Gasteiger partial charge in [-0.3, -0.25) is 20.3 Å². The molecule has 0 aliphatic carbocycles. The Morgan fingerprint density at radius 3 is 2.67 bits per heavy atom. The maximum Gasteiger partial charge on any atom is 0.483 e. The number of benzene rings is 1. The lowest BCUT2D eigenvalue weighted by atomic mass is 10.3. The second-order valence-corrected chi connectivity index (χ2v) is 3.79. The highest BCUT2D eigenvalue weighted by Gasteiger charge is 2.44. The molecule has 0 fully saturated rings. The molecule has 0 spiro atoms. The molecule has 0 aliphatic heterocycles. The number of nitrogens with one attached hydrogen (secondary N) is 1. The van der Waals surface area contributed by atoms with E-state index in [9.17, 15) is 23.7 Å². The number of ether oxygens (including phenoxy) is 1. The minimum atomic E-state index is -4.33. The smallest absolute Gasteiger partial charge is 0.417 e. The number of hydrogen-bond acceptors (Lipinski definition) is 5. The highest BCUT2D eigenvalue weighted by atomic mass is 79.9.